The van der Waals surface area contributed by atoms with E-state index < -0.39 is 6.04 Å². The number of aromatic nitrogens is 3. The van der Waals surface area contributed by atoms with Crippen LogP contribution in [0, 0.1) is 0 Å². The number of rotatable bonds is 10. The van der Waals surface area contributed by atoms with Crippen molar-refractivity contribution in [3.63, 3.8) is 0 Å². The van der Waals surface area contributed by atoms with Crippen LogP contribution >= 0.6 is 0 Å². The minimum absolute atomic E-state index is 0.206. The fourth-order valence-electron chi connectivity index (χ4n) is 8.14. The monoisotopic (exact) mass is 774 g/mol. The number of fused-ring (bicyclic) bond motifs is 7. The van der Waals surface area contributed by atoms with E-state index in [-0.39, 0.29) is 11.8 Å². The van der Waals surface area contributed by atoms with Gasteiger partial charge in [-0.3, -0.25) is 4.79 Å². The predicted molar refractivity (Wildman–Crippen MR) is 239 cm³/mol. The summed E-state index contributed by atoms with van der Waals surface area (Å²) in [5, 5.41) is 4.91. The number of anilines is 2. The van der Waals surface area contributed by atoms with Crippen molar-refractivity contribution in [3.05, 3.63) is 219 Å². The normalized spacial score (nSPS) is 15.4. The number of carbonyl (C=O) groups is 1. The summed E-state index contributed by atoms with van der Waals surface area (Å²) < 4.78 is 0. The van der Waals surface area contributed by atoms with Crippen molar-refractivity contribution in [2.45, 2.75) is 31.2 Å². The molecule has 59 heavy (non-hydrogen) atoms. The highest BCUT2D eigenvalue weighted by atomic mass is 16.2. The van der Waals surface area contributed by atoms with Crippen LogP contribution in [0.4, 0.5) is 11.4 Å². The Balaban J connectivity index is 1.25. The SMILES string of the molecule is NCCCC[C@H](N)C(=O)Nc1ccc(C2c3ccc([nH]3)C(c3ccccc3)=C3C=CC(=N3)C(c3ccccc3)=c3ccc([nH]3)=C(c3ccc(N)cc3)c3ccc2[nH]3)cc1. The van der Waals surface area contributed by atoms with Crippen LogP contribution in [0.3, 0.4) is 0 Å². The number of carbonyl (C=O) groups excluding carboxylic acids is 1. The number of hydrogen-bond donors (Lipinski definition) is 7. The third kappa shape index (κ3) is 7.64. The average Bonchev–Trinajstić information content (AvgIpc) is 4.11. The molecule has 0 saturated heterocycles. The smallest absolute Gasteiger partial charge is 0.241 e. The summed E-state index contributed by atoms with van der Waals surface area (Å²) in [6, 6.07) is 49.1. The third-order valence-electron chi connectivity index (χ3n) is 11.1. The summed E-state index contributed by atoms with van der Waals surface area (Å²) in [5.74, 6) is -0.429. The van der Waals surface area contributed by atoms with E-state index in [9.17, 15) is 4.79 Å². The zero-order valence-electron chi connectivity index (χ0n) is 32.6. The number of nitrogens with zero attached hydrogens (tertiary/aromatic N) is 1. The number of nitrogen functional groups attached to an aromatic ring is 1. The molecule has 292 valence electrons. The maximum absolute atomic E-state index is 13.0. The lowest BCUT2D eigenvalue weighted by molar-refractivity contribution is -0.117. The molecule has 7 aromatic rings. The van der Waals surface area contributed by atoms with Crippen LogP contribution in [-0.4, -0.2) is 39.2 Å². The lowest BCUT2D eigenvalue weighted by Crippen LogP contribution is -2.35. The fourth-order valence-corrected chi connectivity index (χ4v) is 8.14. The van der Waals surface area contributed by atoms with E-state index in [4.69, 9.17) is 22.2 Å². The molecule has 9 rings (SSSR count). The standard InChI is InChI=1S/C50H46N8O/c51-30-8-7-13-37(53)50(59)54-36-20-16-34(17-21-36)49-44-27-25-41(57-44)47(32-11-5-2-6-12-32)39-23-22-38(55-39)46(31-9-3-1-4-10-31)40-24-26-42(56-40)48(43-28-29-45(49)58-43)33-14-18-35(52)19-15-33/h1-6,9-12,14-29,37,49,56-58H,7-8,13,30,51-53H2,(H,54,59)/t37-,49?/m0/s1. The zero-order valence-corrected chi connectivity index (χ0v) is 32.6. The molecule has 0 aliphatic carbocycles. The Bertz CT molecular complexity index is 2840. The van der Waals surface area contributed by atoms with Crippen LogP contribution in [0.5, 0.6) is 0 Å². The molecular weight excluding hydrogens is 729 g/mol. The zero-order chi connectivity index (χ0) is 40.3. The van der Waals surface area contributed by atoms with Gasteiger partial charge in [-0.1, -0.05) is 91.3 Å². The Morgan fingerprint density at radius 2 is 1.22 bits per heavy atom. The number of aliphatic imine (C=N–C) groups is 1. The maximum atomic E-state index is 13.0. The van der Waals surface area contributed by atoms with Gasteiger partial charge in [-0.05, 0) is 114 Å². The first kappa shape index (κ1) is 37.4. The second-order valence-corrected chi connectivity index (χ2v) is 15.1. The molecule has 3 aromatic heterocycles. The molecule has 0 radical (unpaired) electrons. The van der Waals surface area contributed by atoms with Gasteiger partial charge in [-0.2, -0.15) is 0 Å². The Kier molecular flexibility index (Phi) is 10.4. The number of allylic oxidation sites excluding steroid dienone is 2. The number of nitrogens with one attached hydrogen (secondary N) is 4. The van der Waals surface area contributed by atoms with Gasteiger partial charge in [0.05, 0.1) is 23.4 Å². The van der Waals surface area contributed by atoms with Gasteiger partial charge in [0.2, 0.25) is 5.91 Å². The molecule has 2 aliphatic rings. The Morgan fingerprint density at radius 3 is 1.86 bits per heavy atom. The van der Waals surface area contributed by atoms with E-state index in [0.29, 0.717) is 24.3 Å². The lowest BCUT2D eigenvalue weighted by atomic mass is 9.92. The van der Waals surface area contributed by atoms with Gasteiger partial charge in [0.1, 0.15) is 0 Å². The third-order valence-corrected chi connectivity index (χ3v) is 11.1. The molecule has 4 aromatic carbocycles. The quantitative estimate of drug-likeness (QED) is 0.0585. The first-order valence-electron chi connectivity index (χ1n) is 20.1. The summed E-state index contributed by atoms with van der Waals surface area (Å²) in [4.78, 5) is 29.8. The number of amides is 1. The number of benzene rings is 4. The highest BCUT2D eigenvalue weighted by Gasteiger charge is 2.25. The van der Waals surface area contributed by atoms with Crippen molar-refractivity contribution in [3.8, 4) is 0 Å². The van der Waals surface area contributed by atoms with Crippen LogP contribution in [-0.2, 0) is 4.79 Å². The van der Waals surface area contributed by atoms with Crippen LogP contribution in [0.15, 0.2) is 168 Å². The Morgan fingerprint density at radius 1 is 0.627 bits per heavy atom. The first-order valence-corrected chi connectivity index (χ1v) is 20.1. The lowest BCUT2D eigenvalue weighted by Gasteiger charge is -2.18. The van der Waals surface area contributed by atoms with E-state index >= 15 is 0 Å². The summed E-state index contributed by atoms with van der Waals surface area (Å²) in [7, 11) is 0. The number of nitrogens with two attached hydrogens (primary N) is 3. The highest BCUT2D eigenvalue weighted by Crippen LogP contribution is 2.37. The van der Waals surface area contributed by atoms with E-state index in [1.165, 1.54) is 0 Å². The second kappa shape index (κ2) is 16.3. The van der Waals surface area contributed by atoms with Gasteiger partial charge in [0.25, 0.3) is 0 Å². The minimum Gasteiger partial charge on any atom is -0.399 e. The van der Waals surface area contributed by atoms with Gasteiger partial charge in [0, 0.05) is 61.6 Å². The highest BCUT2D eigenvalue weighted by molar-refractivity contribution is 6.30. The number of unbranched alkanes of at least 4 members (excludes halogenated alkanes) is 1. The minimum atomic E-state index is -0.600. The van der Waals surface area contributed by atoms with Crippen LogP contribution in [0.25, 0.3) is 16.7 Å². The summed E-state index contributed by atoms with van der Waals surface area (Å²) in [6.45, 7) is 0.584. The second-order valence-electron chi connectivity index (χ2n) is 15.1. The Labute approximate surface area is 342 Å². The summed E-state index contributed by atoms with van der Waals surface area (Å²) >= 11 is 0. The number of aromatic amines is 3. The van der Waals surface area contributed by atoms with E-state index in [0.717, 1.165) is 96.7 Å². The van der Waals surface area contributed by atoms with Gasteiger partial charge in [-0.25, -0.2) is 4.99 Å². The molecule has 1 amide bonds. The van der Waals surface area contributed by atoms with Gasteiger partial charge >= 0.3 is 0 Å². The Hall–Kier alpha value is -7.20. The van der Waals surface area contributed by atoms with Gasteiger partial charge < -0.3 is 37.5 Å². The molecular formula is C50H46N8O. The van der Waals surface area contributed by atoms with E-state index in [1.807, 2.05) is 36.4 Å². The number of hydrogen-bond acceptors (Lipinski definition) is 5. The van der Waals surface area contributed by atoms with Gasteiger partial charge in [-0.15, -0.1) is 0 Å². The molecule has 0 fully saturated rings. The van der Waals surface area contributed by atoms with E-state index in [2.05, 4.69) is 142 Å². The predicted octanol–water partition coefficient (Wildman–Crippen LogP) is 7.06. The molecule has 1 unspecified atom stereocenters. The van der Waals surface area contributed by atoms with Crippen LogP contribution in [0.1, 0.15) is 70.2 Å². The molecule has 0 saturated carbocycles. The summed E-state index contributed by atoms with van der Waals surface area (Å²) in [5.41, 5.74) is 32.2. The number of H-pyrrole nitrogens is 3. The first-order chi connectivity index (χ1) is 28.9. The van der Waals surface area contributed by atoms with E-state index in [1.54, 1.807) is 0 Å². The fraction of sp³-hybridized carbons (Fsp3) is 0.120. The average molecular weight is 775 g/mol. The van der Waals surface area contributed by atoms with Gasteiger partial charge in [0.15, 0.2) is 0 Å². The molecule has 2 aliphatic heterocycles. The molecule has 0 spiro atoms. The summed E-state index contributed by atoms with van der Waals surface area (Å²) in [6.07, 6.45) is 6.46. The molecule has 9 nitrogen and oxygen atoms in total. The van der Waals surface area contributed by atoms with Crippen molar-refractivity contribution >= 4 is 39.7 Å². The van der Waals surface area contributed by atoms with Crippen molar-refractivity contribution in [1.29, 1.82) is 0 Å². The van der Waals surface area contributed by atoms with Crippen molar-refractivity contribution < 1.29 is 4.79 Å². The van der Waals surface area contributed by atoms with Crippen molar-refractivity contribution in [2.24, 2.45) is 16.5 Å². The molecule has 2 atom stereocenters. The molecule has 5 heterocycles. The maximum Gasteiger partial charge on any atom is 0.241 e. The molecule has 10 N–H and O–H groups in total. The largest absolute Gasteiger partial charge is 0.399 e. The van der Waals surface area contributed by atoms with Crippen LogP contribution < -0.4 is 33.2 Å². The van der Waals surface area contributed by atoms with Crippen LogP contribution in [0.2, 0.25) is 0 Å². The molecule has 8 bridgehead atoms. The van der Waals surface area contributed by atoms with Crippen molar-refractivity contribution in [2.75, 3.05) is 17.6 Å². The molecule has 9 heteroatoms. The topological polar surface area (TPSA) is 167 Å². The van der Waals surface area contributed by atoms with Crippen molar-refractivity contribution in [1.82, 2.24) is 15.0 Å².